The fourth-order valence-electron chi connectivity index (χ4n) is 2.97. The van der Waals surface area contributed by atoms with Crippen LogP contribution in [0, 0.1) is 0 Å². The zero-order valence-corrected chi connectivity index (χ0v) is 13.2. The second-order valence-corrected chi connectivity index (χ2v) is 6.31. The highest BCUT2D eigenvalue weighted by atomic mass is 79.9. The Bertz CT molecular complexity index is 542. The summed E-state index contributed by atoms with van der Waals surface area (Å²) >= 11 is 3.56. The minimum Gasteiger partial charge on any atom is -0.338 e. The fourth-order valence-corrected chi connectivity index (χ4v) is 3.31. The van der Waals surface area contributed by atoms with E-state index in [9.17, 15) is 0 Å². The molecule has 0 heterocycles. The minimum atomic E-state index is 0.433. The lowest BCUT2D eigenvalue weighted by Gasteiger charge is -2.36. The predicted octanol–water partition coefficient (Wildman–Crippen LogP) is 5.56. The van der Waals surface area contributed by atoms with Crippen LogP contribution < -0.4 is 4.90 Å². The van der Waals surface area contributed by atoms with Gasteiger partial charge in [-0.1, -0.05) is 58.4 Å². The van der Waals surface area contributed by atoms with Gasteiger partial charge in [-0.15, -0.1) is 0 Å². The molecule has 2 heteroatoms. The number of halogens is 1. The third kappa shape index (κ3) is 3.06. The molecule has 2 aliphatic rings. The van der Waals surface area contributed by atoms with Crippen molar-refractivity contribution in [2.24, 2.45) is 0 Å². The summed E-state index contributed by atoms with van der Waals surface area (Å²) in [5.74, 6) is 0. The highest BCUT2D eigenvalue weighted by molar-refractivity contribution is 9.11. The molecule has 3 rings (SSSR count). The van der Waals surface area contributed by atoms with Crippen molar-refractivity contribution >= 4 is 21.6 Å². The van der Waals surface area contributed by atoms with Crippen LogP contribution in [-0.4, -0.2) is 6.04 Å². The van der Waals surface area contributed by atoms with E-state index in [0.717, 1.165) is 6.42 Å². The molecule has 1 nitrogen and oxygen atoms in total. The van der Waals surface area contributed by atoms with Gasteiger partial charge < -0.3 is 4.90 Å². The van der Waals surface area contributed by atoms with Crippen molar-refractivity contribution in [3.05, 3.63) is 64.8 Å². The first-order chi connectivity index (χ1) is 9.84. The van der Waals surface area contributed by atoms with Gasteiger partial charge in [-0.2, -0.15) is 0 Å². The molecular weight excluding hydrogens is 310 g/mol. The van der Waals surface area contributed by atoms with E-state index in [-0.39, 0.29) is 0 Å². The van der Waals surface area contributed by atoms with Crippen molar-refractivity contribution < 1.29 is 0 Å². The molecule has 0 fully saturated rings. The average molecular weight is 330 g/mol. The maximum atomic E-state index is 3.56. The van der Waals surface area contributed by atoms with Crippen molar-refractivity contribution in [2.75, 3.05) is 4.90 Å². The fraction of sp³-hybridized carbons (Fsp3) is 0.333. The van der Waals surface area contributed by atoms with E-state index in [1.54, 1.807) is 0 Å². The van der Waals surface area contributed by atoms with Crippen molar-refractivity contribution in [3.8, 4) is 0 Å². The van der Waals surface area contributed by atoms with Crippen LogP contribution >= 0.6 is 15.9 Å². The Labute approximate surface area is 129 Å². The summed E-state index contributed by atoms with van der Waals surface area (Å²) in [7, 11) is 0. The Balaban J connectivity index is 1.92. The predicted molar refractivity (Wildman–Crippen MR) is 90.0 cm³/mol. The molecule has 0 N–H and O–H groups in total. The van der Waals surface area contributed by atoms with E-state index >= 15 is 0 Å². The standard InChI is InChI=1S/C18H20BrN/c19-15-11-13-18(14-12-15)20(16-7-3-1-4-8-16)17-9-5-2-6-10-17/h1,3-4,7-9,11-13,18H,2,5-6,10,14H2. The Kier molecular flexibility index (Phi) is 4.41. The SMILES string of the molecule is BrC1=CCC(N(C2=CCCCC2)c2ccccc2)C=C1. The summed E-state index contributed by atoms with van der Waals surface area (Å²) in [5, 5.41) is 0. The molecule has 1 aromatic rings. The van der Waals surface area contributed by atoms with Crippen LogP contribution in [0.5, 0.6) is 0 Å². The molecule has 20 heavy (non-hydrogen) atoms. The molecular formula is C18H20BrN. The van der Waals surface area contributed by atoms with E-state index in [2.05, 4.69) is 75.5 Å². The van der Waals surface area contributed by atoms with Gasteiger partial charge in [0.2, 0.25) is 0 Å². The van der Waals surface area contributed by atoms with E-state index in [4.69, 9.17) is 0 Å². The summed E-state index contributed by atoms with van der Waals surface area (Å²) in [6.45, 7) is 0. The lowest BCUT2D eigenvalue weighted by molar-refractivity contribution is 0.644. The van der Waals surface area contributed by atoms with Gasteiger partial charge in [0.1, 0.15) is 0 Å². The van der Waals surface area contributed by atoms with Gasteiger partial charge in [0.25, 0.3) is 0 Å². The van der Waals surface area contributed by atoms with Crippen LogP contribution in [0.1, 0.15) is 32.1 Å². The van der Waals surface area contributed by atoms with Crippen molar-refractivity contribution in [1.29, 1.82) is 0 Å². The number of benzene rings is 1. The summed E-state index contributed by atoms with van der Waals surface area (Å²) in [6, 6.07) is 11.2. The van der Waals surface area contributed by atoms with E-state index in [0.29, 0.717) is 6.04 Å². The number of hydrogen-bond acceptors (Lipinski definition) is 1. The number of nitrogens with zero attached hydrogens (tertiary/aromatic N) is 1. The Hall–Kier alpha value is -1.28. The summed E-state index contributed by atoms with van der Waals surface area (Å²) in [4.78, 5) is 2.52. The van der Waals surface area contributed by atoms with Crippen LogP contribution in [0.4, 0.5) is 5.69 Å². The number of anilines is 1. The third-order valence-corrected chi connectivity index (χ3v) is 4.56. The Morgan fingerprint density at radius 1 is 1.05 bits per heavy atom. The molecule has 0 bridgehead atoms. The first-order valence-electron chi connectivity index (χ1n) is 7.42. The number of allylic oxidation sites excluding steroid dienone is 4. The number of rotatable bonds is 3. The van der Waals surface area contributed by atoms with Gasteiger partial charge in [-0.05, 0) is 44.2 Å². The normalized spacial score (nSPS) is 22.1. The Morgan fingerprint density at radius 3 is 2.55 bits per heavy atom. The van der Waals surface area contributed by atoms with Gasteiger partial charge in [-0.3, -0.25) is 0 Å². The summed E-state index contributed by atoms with van der Waals surface area (Å²) in [5.41, 5.74) is 2.80. The topological polar surface area (TPSA) is 3.24 Å². The third-order valence-electron chi connectivity index (χ3n) is 3.97. The molecule has 0 aliphatic heterocycles. The van der Waals surface area contributed by atoms with Crippen LogP contribution in [0.2, 0.25) is 0 Å². The molecule has 0 radical (unpaired) electrons. The first-order valence-corrected chi connectivity index (χ1v) is 8.21. The highest BCUT2D eigenvalue weighted by Gasteiger charge is 2.22. The zero-order valence-electron chi connectivity index (χ0n) is 11.6. The van der Waals surface area contributed by atoms with Crippen LogP contribution in [0.15, 0.2) is 64.8 Å². The lowest BCUT2D eigenvalue weighted by Crippen LogP contribution is -2.34. The largest absolute Gasteiger partial charge is 0.338 e. The quantitative estimate of drug-likeness (QED) is 0.701. The molecule has 1 unspecified atom stereocenters. The molecule has 0 amide bonds. The van der Waals surface area contributed by atoms with Crippen molar-refractivity contribution in [2.45, 2.75) is 38.1 Å². The molecule has 104 valence electrons. The maximum absolute atomic E-state index is 3.56. The zero-order chi connectivity index (χ0) is 13.8. The number of hydrogen-bond donors (Lipinski definition) is 0. The number of para-hydroxylation sites is 1. The van der Waals surface area contributed by atoms with Gasteiger partial charge in [0.15, 0.2) is 0 Å². The second-order valence-electron chi connectivity index (χ2n) is 5.40. The summed E-state index contributed by atoms with van der Waals surface area (Å²) in [6.07, 6.45) is 15.3. The van der Waals surface area contributed by atoms with Crippen molar-refractivity contribution in [1.82, 2.24) is 0 Å². The molecule has 0 aromatic heterocycles. The van der Waals surface area contributed by atoms with Gasteiger partial charge in [-0.25, -0.2) is 0 Å². The van der Waals surface area contributed by atoms with Crippen molar-refractivity contribution in [3.63, 3.8) is 0 Å². The molecule has 2 aliphatic carbocycles. The van der Waals surface area contributed by atoms with E-state index in [1.165, 1.54) is 41.6 Å². The molecule has 1 atom stereocenters. The maximum Gasteiger partial charge on any atom is 0.0557 e. The highest BCUT2D eigenvalue weighted by Crippen LogP contribution is 2.32. The van der Waals surface area contributed by atoms with Crippen LogP contribution in [-0.2, 0) is 0 Å². The minimum absolute atomic E-state index is 0.433. The van der Waals surface area contributed by atoms with Crippen LogP contribution in [0.3, 0.4) is 0 Å². The van der Waals surface area contributed by atoms with Gasteiger partial charge in [0.05, 0.1) is 6.04 Å². The molecule has 0 spiro atoms. The van der Waals surface area contributed by atoms with Gasteiger partial charge >= 0.3 is 0 Å². The van der Waals surface area contributed by atoms with E-state index in [1.807, 2.05) is 0 Å². The first kappa shape index (κ1) is 13.7. The average Bonchev–Trinajstić information content (AvgIpc) is 2.52. The van der Waals surface area contributed by atoms with E-state index < -0.39 is 0 Å². The smallest absolute Gasteiger partial charge is 0.0557 e. The van der Waals surface area contributed by atoms with Gasteiger partial charge in [0, 0.05) is 15.9 Å². The van der Waals surface area contributed by atoms with Crippen LogP contribution in [0.25, 0.3) is 0 Å². The summed E-state index contributed by atoms with van der Waals surface area (Å²) < 4.78 is 1.19. The molecule has 1 aromatic carbocycles. The second kappa shape index (κ2) is 6.45. The Morgan fingerprint density at radius 2 is 1.90 bits per heavy atom. The molecule has 0 saturated heterocycles. The lowest BCUT2D eigenvalue weighted by atomic mass is 9.99. The monoisotopic (exact) mass is 329 g/mol. The molecule has 0 saturated carbocycles.